The van der Waals surface area contributed by atoms with Crippen LogP contribution in [0.5, 0.6) is 5.75 Å². The molecule has 5 nitrogen and oxygen atoms in total. The molecule has 0 spiro atoms. The molecule has 2 aromatic carbocycles. The van der Waals surface area contributed by atoms with Crippen molar-refractivity contribution in [3.05, 3.63) is 78.3 Å². The van der Waals surface area contributed by atoms with Gasteiger partial charge in [-0.25, -0.2) is 4.98 Å². The molecule has 0 saturated heterocycles. The number of aromatic nitrogens is 2. The Hall–Kier alpha value is -3.21. The largest absolute Gasteiger partial charge is 0.508 e. The monoisotopic (exact) mass is 319 g/mol. The first-order valence-electron chi connectivity index (χ1n) is 7.79. The first-order valence-corrected chi connectivity index (χ1v) is 7.79. The highest BCUT2D eigenvalue weighted by molar-refractivity contribution is 5.80. The van der Waals surface area contributed by atoms with Gasteiger partial charge in [0, 0.05) is 6.07 Å². The van der Waals surface area contributed by atoms with Crippen LogP contribution in [0.4, 0.5) is 5.95 Å². The van der Waals surface area contributed by atoms with Crippen LogP contribution < -0.4 is 5.32 Å². The number of fused-ring (bicyclic) bond motifs is 1. The SMILES string of the molecule is Oc1ccc2c(c1)nc(NCc1ccco1)n2Cc1ccccc1. The van der Waals surface area contributed by atoms with Crippen molar-refractivity contribution in [2.75, 3.05) is 5.32 Å². The lowest BCUT2D eigenvalue weighted by Crippen LogP contribution is -2.08. The van der Waals surface area contributed by atoms with Crippen molar-refractivity contribution in [1.82, 2.24) is 9.55 Å². The number of furan rings is 1. The molecule has 24 heavy (non-hydrogen) atoms. The molecule has 4 aromatic rings. The molecule has 0 saturated carbocycles. The fourth-order valence-electron chi connectivity index (χ4n) is 2.76. The molecule has 0 bridgehead atoms. The smallest absolute Gasteiger partial charge is 0.204 e. The van der Waals surface area contributed by atoms with E-state index in [4.69, 9.17) is 4.42 Å². The molecular formula is C19H17N3O2. The Morgan fingerprint density at radius 2 is 1.92 bits per heavy atom. The number of anilines is 1. The van der Waals surface area contributed by atoms with Gasteiger partial charge in [0.2, 0.25) is 5.95 Å². The highest BCUT2D eigenvalue weighted by Crippen LogP contribution is 2.25. The van der Waals surface area contributed by atoms with E-state index in [-0.39, 0.29) is 5.75 Å². The molecule has 5 heteroatoms. The van der Waals surface area contributed by atoms with Gasteiger partial charge in [0.1, 0.15) is 11.5 Å². The van der Waals surface area contributed by atoms with Gasteiger partial charge in [0.15, 0.2) is 0 Å². The highest BCUT2D eigenvalue weighted by atomic mass is 16.3. The van der Waals surface area contributed by atoms with Gasteiger partial charge in [-0.3, -0.25) is 0 Å². The molecule has 2 heterocycles. The maximum atomic E-state index is 9.72. The van der Waals surface area contributed by atoms with Crippen LogP contribution in [0.2, 0.25) is 0 Å². The second-order valence-corrected chi connectivity index (χ2v) is 5.61. The minimum Gasteiger partial charge on any atom is -0.508 e. The Balaban J connectivity index is 1.71. The van der Waals surface area contributed by atoms with Gasteiger partial charge in [0.05, 0.1) is 30.4 Å². The summed E-state index contributed by atoms with van der Waals surface area (Å²) < 4.78 is 7.47. The summed E-state index contributed by atoms with van der Waals surface area (Å²) in [5.41, 5.74) is 2.91. The summed E-state index contributed by atoms with van der Waals surface area (Å²) in [5.74, 6) is 1.80. The van der Waals surface area contributed by atoms with Crippen molar-refractivity contribution >= 4 is 17.0 Å². The molecule has 0 aliphatic heterocycles. The Bertz CT molecular complexity index is 944. The summed E-state index contributed by atoms with van der Waals surface area (Å²) in [6.45, 7) is 1.25. The molecule has 2 aromatic heterocycles. The molecule has 0 amide bonds. The van der Waals surface area contributed by atoms with Gasteiger partial charge in [-0.1, -0.05) is 30.3 Å². The summed E-state index contributed by atoms with van der Waals surface area (Å²) in [6, 6.07) is 19.3. The summed E-state index contributed by atoms with van der Waals surface area (Å²) >= 11 is 0. The van der Waals surface area contributed by atoms with E-state index in [2.05, 4.69) is 27.0 Å². The van der Waals surface area contributed by atoms with Crippen LogP contribution >= 0.6 is 0 Å². The third-order valence-electron chi connectivity index (χ3n) is 3.92. The van der Waals surface area contributed by atoms with Gasteiger partial charge in [-0.05, 0) is 29.8 Å². The van der Waals surface area contributed by atoms with E-state index < -0.39 is 0 Å². The van der Waals surface area contributed by atoms with Crippen LogP contribution in [0.3, 0.4) is 0 Å². The Morgan fingerprint density at radius 1 is 1.04 bits per heavy atom. The molecule has 0 aliphatic carbocycles. The van der Waals surface area contributed by atoms with Gasteiger partial charge >= 0.3 is 0 Å². The average Bonchev–Trinajstić information content (AvgIpc) is 3.22. The molecule has 120 valence electrons. The second kappa shape index (κ2) is 6.12. The first kappa shape index (κ1) is 14.4. The maximum Gasteiger partial charge on any atom is 0.204 e. The number of hydrogen-bond donors (Lipinski definition) is 2. The molecule has 0 unspecified atom stereocenters. The van der Waals surface area contributed by atoms with E-state index in [9.17, 15) is 5.11 Å². The van der Waals surface area contributed by atoms with Crippen molar-refractivity contribution in [2.24, 2.45) is 0 Å². The van der Waals surface area contributed by atoms with E-state index in [0.717, 1.165) is 22.7 Å². The normalized spacial score (nSPS) is 11.0. The fraction of sp³-hybridized carbons (Fsp3) is 0.105. The van der Waals surface area contributed by atoms with Crippen molar-refractivity contribution in [3.63, 3.8) is 0 Å². The van der Waals surface area contributed by atoms with E-state index in [1.54, 1.807) is 18.4 Å². The Morgan fingerprint density at radius 3 is 2.71 bits per heavy atom. The number of hydrogen-bond acceptors (Lipinski definition) is 4. The van der Waals surface area contributed by atoms with Crippen molar-refractivity contribution in [2.45, 2.75) is 13.1 Å². The number of phenols is 1. The molecule has 4 rings (SSSR count). The zero-order valence-corrected chi connectivity index (χ0v) is 13.0. The van der Waals surface area contributed by atoms with Gasteiger partial charge in [-0.2, -0.15) is 0 Å². The quantitative estimate of drug-likeness (QED) is 0.584. The third-order valence-corrected chi connectivity index (χ3v) is 3.92. The van der Waals surface area contributed by atoms with E-state index in [1.807, 2.05) is 36.4 Å². The number of phenolic OH excluding ortho intramolecular Hbond substituents is 1. The van der Waals surface area contributed by atoms with Crippen LogP contribution in [-0.4, -0.2) is 14.7 Å². The summed E-state index contributed by atoms with van der Waals surface area (Å²) in [5, 5.41) is 13.0. The zero-order valence-electron chi connectivity index (χ0n) is 13.0. The van der Waals surface area contributed by atoms with Crippen LogP contribution in [-0.2, 0) is 13.1 Å². The summed E-state index contributed by atoms with van der Waals surface area (Å²) in [4.78, 5) is 4.62. The minimum absolute atomic E-state index is 0.212. The topological polar surface area (TPSA) is 63.2 Å². The van der Waals surface area contributed by atoms with Crippen LogP contribution in [0.15, 0.2) is 71.3 Å². The molecule has 0 radical (unpaired) electrons. The number of aromatic hydroxyl groups is 1. The lowest BCUT2D eigenvalue weighted by molar-refractivity contribution is 0.476. The predicted octanol–water partition coefficient (Wildman–Crippen LogP) is 4.00. The number of rotatable bonds is 5. The van der Waals surface area contributed by atoms with E-state index in [0.29, 0.717) is 13.1 Å². The standard InChI is InChI=1S/C19H17N3O2/c23-15-8-9-18-17(11-15)21-19(20-12-16-7-4-10-24-16)22(18)13-14-5-2-1-3-6-14/h1-11,23H,12-13H2,(H,20,21). The zero-order chi connectivity index (χ0) is 16.4. The van der Waals surface area contributed by atoms with Crippen molar-refractivity contribution in [1.29, 1.82) is 0 Å². The molecule has 2 N–H and O–H groups in total. The van der Waals surface area contributed by atoms with E-state index in [1.165, 1.54) is 5.56 Å². The maximum absolute atomic E-state index is 9.72. The minimum atomic E-state index is 0.212. The number of imidazole rings is 1. The third kappa shape index (κ3) is 2.84. The Kier molecular flexibility index (Phi) is 3.67. The Labute approximate surface area is 139 Å². The fourth-order valence-corrected chi connectivity index (χ4v) is 2.76. The lowest BCUT2D eigenvalue weighted by Gasteiger charge is -2.10. The molecule has 0 atom stereocenters. The molecule has 0 aliphatic rings. The van der Waals surface area contributed by atoms with Crippen LogP contribution in [0.25, 0.3) is 11.0 Å². The average molecular weight is 319 g/mol. The number of benzene rings is 2. The molecular weight excluding hydrogens is 302 g/mol. The van der Waals surface area contributed by atoms with Gasteiger partial charge in [-0.15, -0.1) is 0 Å². The molecule has 0 fully saturated rings. The lowest BCUT2D eigenvalue weighted by atomic mass is 10.2. The highest BCUT2D eigenvalue weighted by Gasteiger charge is 2.12. The summed E-state index contributed by atoms with van der Waals surface area (Å²) in [7, 11) is 0. The van der Waals surface area contributed by atoms with Gasteiger partial charge < -0.3 is 19.4 Å². The first-order chi connectivity index (χ1) is 11.8. The second-order valence-electron chi connectivity index (χ2n) is 5.61. The number of nitrogens with zero attached hydrogens (tertiary/aromatic N) is 2. The van der Waals surface area contributed by atoms with Crippen LogP contribution in [0.1, 0.15) is 11.3 Å². The van der Waals surface area contributed by atoms with Crippen LogP contribution in [0, 0.1) is 0 Å². The van der Waals surface area contributed by atoms with Gasteiger partial charge in [0.25, 0.3) is 0 Å². The van der Waals surface area contributed by atoms with Crippen molar-refractivity contribution < 1.29 is 9.52 Å². The van der Waals surface area contributed by atoms with Crippen molar-refractivity contribution in [3.8, 4) is 5.75 Å². The predicted molar refractivity (Wildman–Crippen MR) is 93.0 cm³/mol. The summed E-state index contributed by atoms with van der Waals surface area (Å²) in [6.07, 6.45) is 1.65. The number of nitrogens with one attached hydrogen (secondary N) is 1. The van der Waals surface area contributed by atoms with E-state index >= 15 is 0 Å².